The average molecular weight is 409 g/mol. The number of carbonyl (C=O) groups is 1. The lowest BCUT2D eigenvalue weighted by molar-refractivity contribution is 0.257. The van der Waals surface area contributed by atoms with E-state index in [1.54, 1.807) is 27.9 Å². The van der Waals surface area contributed by atoms with Gasteiger partial charge in [-0.25, -0.2) is 19.2 Å². The molecular weight excluding hydrogens is 385 g/mol. The molecule has 1 saturated heterocycles. The molecule has 0 spiro atoms. The summed E-state index contributed by atoms with van der Waals surface area (Å²) in [6.07, 6.45) is 5.81. The number of halogens is 1. The maximum absolute atomic E-state index is 14.5. The Kier molecular flexibility index (Phi) is 4.54. The van der Waals surface area contributed by atoms with E-state index in [4.69, 9.17) is 0 Å². The second-order valence-electron chi connectivity index (χ2n) is 7.95. The van der Waals surface area contributed by atoms with Gasteiger partial charge in [0, 0.05) is 68.1 Å². The molecular formula is C21H24FN7O. The standard InChI is InChI=1S/C21H24FN7O/c1-13-10-27(8-6-23-13)18-3-5-24-20-15(18)4-7-29(20)21(30)26-17-12-28-11-14(2)25-19(28)9-16(17)22/h3,5,9,11-13,23H,4,6-8,10H2,1-2H3,(H,26,30)/t13-/m1/s1. The van der Waals surface area contributed by atoms with Gasteiger partial charge in [-0.15, -0.1) is 0 Å². The van der Waals surface area contributed by atoms with Crippen molar-refractivity contribution in [3.05, 3.63) is 47.8 Å². The number of carbonyl (C=O) groups excluding carboxylic acids is 1. The van der Waals surface area contributed by atoms with Crippen molar-refractivity contribution in [3.63, 3.8) is 0 Å². The maximum atomic E-state index is 14.5. The molecule has 0 unspecified atom stereocenters. The number of aromatic nitrogens is 3. The van der Waals surface area contributed by atoms with Crippen LogP contribution in [0, 0.1) is 12.7 Å². The van der Waals surface area contributed by atoms with Crippen LogP contribution in [0.5, 0.6) is 0 Å². The van der Waals surface area contributed by atoms with E-state index in [0.29, 0.717) is 24.1 Å². The Hall–Kier alpha value is -3.20. The molecule has 5 rings (SSSR count). The van der Waals surface area contributed by atoms with Crippen LogP contribution in [0.2, 0.25) is 0 Å². The maximum Gasteiger partial charge on any atom is 0.327 e. The molecule has 0 bridgehead atoms. The van der Waals surface area contributed by atoms with Crippen LogP contribution in [0.3, 0.4) is 0 Å². The lowest BCUT2D eigenvalue weighted by Gasteiger charge is -2.34. The number of rotatable bonds is 2. The van der Waals surface area contributed by atoms with E-state index in [9.17, 15) is 9.18 Å². The summed E-state index contributed by atoms with van der Waals surface area (Å²) >= 11 is 0. The van der Waals surface area contributed by atoms with Crippen LogP contribution in [0.1, 0.15) is 18.2 Å². The Bertz CT molecular complexity index is 1130. The zero-order chi connectivity index (χ0) is 20.8. The van der Waals surface area contributed by atoms with Crippen molar-refractivity contribution in [1.29, 1.82) is 0 Å². The second kappa shape index (κ2) is 7.24. The number of anilines is 3. The van der Waals surface area contributed by atoms with Gasteiger partial charge in [0.2, 0.25) is 0 Å². The van der Waals surface area contributed by atoms with Crippen LogP contribution in [-0.4, -0.2) is 52.6 Å². The summed E-state index contributed by atoms with van der Waals surface area (Å²) in [6, 6.07) is 3.37. The van der Waals surface area contributed by atoms with Crippen LogP contribution in [-0.2, 0) is 6.42 Å². The molecule has 0 saturated carbocycles. The molecule has 2 aliphatic heterocycles. The monoisotopic (exact) mass is 409 g/mol. The summed E-state index contributed by atoms with van der Waals surface area (Å²) in [5.41, 5.74) is 3.61. The van der Waals surface area contributed by atoms with Gasteiger partial charge in [0.25, 0.3) is 0 Å². The van der Waals surface area contributed by atoms with Crippen LogP contribution >= 0.6 is 0 Å². The Labute approximate surface area is 173 Å². The number of pyridine rings is 2. The molecule has 0 radical (unpaired) electrons. The lowest BCUT2D eigenvalue weighted by atomic mass is 10.1. The van der Waals surface area contributed by atoms with Crippen LogP contribution in [0.25, 0.3) is 5.65 Å². The molecule has 8 nitrogen and oxygen atoms in total. The molecule has 3 aromatic rings. The van der Waals surface area contributed by atoms with Gasteiger partial charge < -0.3 is 19.9 Å². The Balaban J connectivity index is 1.40. The minimum absolute atomic E-state index is 0.116. The van der Waals surface area contributed by atoms with Crippen LogP contribution in [0.15, 0.2) is 30.7 Å². The summed E-state index contributed by atoms with van der Waals surface area (Å²) in [5.74, 6) is 0.133. The average Bonchev–Trinajstić information content (AvgIpc) is 3.30. The Morgan fingerprint density at radius 2 is 2.20 bits per heavy atom. The molecule has 156 valence electrons. The van der Waals surface area contributed by atoms with Gasteiger partial charge in [0.15, 0.2) is 5.82 Å². The highest BCUT2D eigenvalue weighted by Crippen LogP contribution is 2.34. The van der Waals surface area contributed by atoms with E-state index in [2.05, 4.69) is 32.4 Å². The van der Waals surface area contributed by atoms with Crippen molar-refractivity contribution < 1.29 is 9.18 Å². The molecule has 0 aliphatic carbocycles. The summed E-state index contributed by atoms with van der Waals surface area (Å²) in [7, 11) is 0. The SMILES string of the molecule is Cc1cn2cc(NC(=O)N3CCc4c(N5CCN[C@H](C)C5)ccnc43)c(F)cc2n1. The normalized spacial score (nSPS) is 18.7. The van der Waals surface area contributed by atoms with E-state index < -0.39 is 5.82 Å². The van der Waals surface area contributed by atoms with Gasteiger partial charge in [-0.05, 0) is 26.3 Å². The molecule has 9 heteroatoms. The predicted molar refractivity (Wildman–Crippen MR) is 114 cm³/mol. The zero-order valence-electron chi connectivity index (χ0n) is 17.0. The fourth-order valence-electron chi connectivity index (χ4n) is 4.33. The summed E-state index contributed by atoms with van der Waals surface area (Å²) in [5, 5.41) is 6.15. The Morgan fingerprint density at radius 3 is 3.03 bits per heavy atom. The van der Waals surface area contributed by atoms with Gasteiger partial charge in [-0.3, -0.25) is 4.90 Å². The molecule has 0 aromatic carbocycles. The fourth-order valence-corrected chi connectivity index (χ4v) is 4.33. The quantitative estimate of drug-likeness (QED) is 0.680. The first-order valence-corrected chi connectivity index (χ1v) is 10.2. The number of nitrogens with one attached hydrogen (secondary N) is 2. The number of urea groups is 1. The topological polar surface area (TPSA) is 77.8 Å². The van der Waals surface area contributed by atoms with E-state index >= 15 is 0 Å². The van der Waals surface area contributed by atoms with E-state index in [0.717, 1.165) is 43.0 Å². The summed E-state index contributed by atoms with van der Waals surface area (Å²) < 4.78 is 16.2. The molecule has 1 atom stereocenters. The van der Waals surface area contributed by atoms with Crippen LogP contribution < -0.4 is 20.4 Å². The van der Waals surface area contributed by atoms with Crippen molar-refractivity contribution in [1.82, 2.24) is 19.7 Å². The molecule has 2 aliphatic rings. The fraction of sp³-hybridized carbons (Fsp3) is 0.381. The van der Waals surface area contributed by atoms with Crippen molar-refractivity contribution in [2.75, 3.05) is 41.3 Å². The smallest absolute Gasteiger partial charge is 0.327 e. The molecule has 2 amide bonds. The number of imidazole rings is 1. The van der Waals surface area contributed by atoms with Gasteiger partial charge in [-0.2, -0.15) is 0 Å². The lowest BCUT2D eigenvalue weighted by Crippen LogP contribution is -2.49. The number of aryl methyl sites for hydroxylation is 1. The van der Waals surface area contributed by atoms with E-state index in [1.165, 1.54) is 6.07 Å². The first-order valence-electron chi connectivity index (χ1n) is 10.2. The number of nitrogens with zero attached hydrogens (tertiary/aromatic N) is 5. The third-order valence-electron chi connectivity index (χ3n) is 5.71. The first-order chi connectivity index (χ1) is 14.5. The van der Waals surface area contributed by atoms with Gasteiger partial charge >= 0.3 is 6.03 Å². The first kappa shape index (κ1) is 18.8. The molecule has 5 heterocycles. The number of amides is 2. The highest BCUT2D eigenvalue weighted by Gasteiger charge is 2.31. The second-order valence-corrected chi connectivity index (χ2v) is 7.95. The Morgan fingerprint density at radius 1 is 1.33 bits per heavy atom. The van der Waals surface area contributed by atoms with Gasteiger partial charge in [0.05, 0.1) is 11.4 Å². The third kappa shape index (κ3) is 3.24. The highest BCUT2D eigenvalue weighted by molar-refractivity contribution is 6.03. The van der Waals surface area contributed by atoms with Crippen molar-refractivity contribution in [2.24, 2.45) is 0 Å². The minimum Gasteiger partial charge on any atom is -0.368 e. The third-order valence-corrected chi connectivity index (χ3v) is 5.71. The molecule has 30 heavy (non-hydrogen) atoms. The number of piperazine rings is 1. The largest absolute Gasteiger partial charge is 0.368 e. The zero-order valence-corrected chi connectivity index (χ0v) is 17.0. The predicted octanol–water partition coefficient (Wildman–Crippen LogP) is 2.57. The highest BCUT2D eigenvalue weighted by atomic mass is 19.1. The molecule has 1 fully saturated rings. The van der Waals surface area contributed by atoms with Gasteiger partial charge in [-0.1, -0.05) is 0 Å². The van der Waals surface area contributed by atoms with E-state index in [1.807, 2.05) is 13.0 Å². The van der Waals surface area contributed by atoms with Crippen molar-refractivity contribution >= 4 is 28.9 Å². The van der Waals surface area contributed by atoms with Crippen molar-refractivity contribution in [3.8, 4) is 0 Å². The molecule has 3 aromatic heterocycles. The number of hydrogen-bond donors (Lipinski definition) is 2. The summed E-state index contributed by atoms with van der Waals surface area (Å²) in [6.45, 7) is 7.28. The molecule has 2 N–H and O–H groups in total. The minimum atomic E-state index is -0.516. The van der Waals surface area contributed by atoms with Gasteiger partial charge in [0.1, 0.15) is 11.5 Å². The van der Waals surface area contributed by atoms with Crippen molar-refractivity contribution in [2.45, 2.75) is 26.3 Å². The summed E-state index contributed by atoms with van der Waals surface area (Å²) in [4.78, 5) is 25.6. The number of hydrogen-bond acceptors (Lipinski definition) is 5. The van der Waals surface area contributed by atoms with E-state index in [-0.39, 0.29) is 11.7 Å². The van der Waals surface area contributed by atoms with Crippen LogP contribution in [0.4, 0.5) is 26.4 Å². The number of fused-ring (bicyclic) bond motifs is 2.